The van der Waals surface area contributed by atoms with E-state index in [4.69, 9.17) is 10.5 Å². The molecule has 114 valence electrons. The van der Waals surface area contributed by atoms with Gasteiger partial charge in [0.15, 0.2) is 0 Å². The highest BCUT2D eigenvalue weighted by Crippen LogP contribution is 2.14. The summed E-state index contributed by atoms with van der Waals surface area (Å²) < 4.78 is 0. The van der Waals surface area contributed by atoms with Gasteiger partial charge in [-0.1, -0.05) is 90.4 Å². The van der Waals surface area contributed by atoms with Gasteiger partial charge in [-0.2, -0.15) is 10.5 Å². The van der Waals surface area contributed by atoms with Crippen LogP contribution >= 0.6 is 0 Å². The maximum atomic E-state index is 8.64. The zero-order chi connectivity index (χ0) is 14.9. The lowest BCUT2D eigenvalue weighted by Gasteiger charge is -2.03. The number of nitrogens with zero attached hydrogens (tertiary/aromatic N) is 2. The van der Waals surface area contributed by atoms with Gasteiger partial charge in [-0.15, -0.1) is 0 Å². The minimum absolute atomic E-state index is 0.386. The molecule has 0 heterocycles. The summed E-state index contributed by atoms with van der Waals surface area (Å²) in [6, 6.07) is 4.07. The van der Waals surface area contributed by atoms with E-state index in [1.165, 1.54) is 77.0 Å². The van der Waals surface area contributed by atoms with Gasteiger partial charge in [0.1, 0.15) is 5.92 Å². The smallest absolute Gasteiger partial charge is 0.133 e. The van der Waals surface area contributed by atoms with E-state index in [0.29, 0.717) is 0 Å². The second-order valence-electron chi connectivity index (χ2n) is 5.84. The van der Waals surface area contributed by atoms with Crippen molar-refractivity contribution < 1.29 is 0 Å². The van der Waals surface area contributed by atoms with Crippen molar-refractivity contribution in [2.45, 2.75) is 96.8 Å². The van der Waals surface area contributed by atoms with E-state index in [1.54, 1.807) is 0 Å². The highest BCUT2D eigenvalue weighted by atomic mass is 14.3. The highest BCUT2D eigenvalue weighted by Gasteiger charge is 2.03. The first kappa shape index (κ1) is 19.0. The summed E-state index contributed by atoms with van der Waals surface area (Å²) in [6.07, 6.45) is 18.1. The van der Waals surface area contributed by atoms with Crippen LogP contribution in [-0.4, -0.2) is 0 Å². The molecule has 0 aliphatic heterocycles. The molecule has 0 aromatic rings. The average molecular weight is 276 g/mol. The molecule has 0 unspecified atom stereocenters. The molecule has 0 saturated carbocycles. The lowest BCUT2D eigenvalue weighted by atomic mass is 10.0. The molecule has 0 aromatic carbocycles. The largest absolute Gasteiger partial charge is 0.197 e. The molecule has 0 atom stereocenters. The predicted molar refractivity (Wildman–Crippen MR) is 85.0 cm³/mol. The van der Waals surface area contributed by atoms with Gasteiger partial charge in [0.2, 0.25) is 0 Å². The minimum atomic E-state index is -0.386. The summed E-state index contributed by atoms with van der Waals surface area (Å²) in [5, 5.41) is 17.3. The number of hydrogen-bond donors (Lipinski definition) is 0. The molecule has 0 radical (unpaired) electrons. The fraction of sp³-hybridized carbons (Fsp3) is 0.889. The van der Waals surface area contributed by atoms with Crippen molar-refractivity contribution in [2.24, 2.45) is 5.92 Å². The van der Waals surface area contributed by atoms with Gasteiger partial charge in [-0.25, -0.2) is 0 Å². The maximum absolute atomic E-state index is 8.64. The van der Waals surface area contributed by atoms with Crippen LogP contribution in [0.2, 0.25) is 0 Å². The summed E-state index contributed by atoms with van der Waals surface area (Å²) in [6.45, 7) is 2.26. The van der Waals surface area contributed by atoms with Crippen molar-refractivity contribution in [1.82, 2.24) is 0 Å². The normalized spacial score (nSPS) is 10.4. The van der Waals surface area contributed by atoms with E-state index in [2.05, 4.69) is 6.92 Å². The Labute approximate surface area is 126 Å². The number of hydrogen-bond acceptors (Lipinski definition) is 2. The molecule has 0 spiro atoms. The van der Waals surface area contributed by atoms with Crippen molar-refractivity contribution in [3.8, 4) is 12.1 Å². The van der Waals surface area contributed by atoms with Gasteiger partial charge < -0.3 is 0 Å². The third-order valence-electron chi connectivity index (χ3n) is 3.91. The summed E-state index contributed by atoms with van der Waals surface area (Å²) in [5.74, 6) is -0.386. The van der Waals surface area contributed by atoms with Crippen LogP contribution in [0.3, 0.4) is 0 Å². The van der Waals surface area contributed by atoms with Crippen LogP contribution < -0.4 is 0 Å². The Hall–Kier alpha value is -1.02. The summed E-state index contributed by atoms with van der Waals surface area (Å²) >= 11 is 0. The van der Waals surface area contributed by atoms with Crippen LogP contribution in [-0.2, 0) is 0 Å². The van der Waals surface area contributed by atoms with E-state index in [9.17, 15) is 0 Å². The van der Waals surface area contributed by atoms with Crippen molar-refractivity contribution >= 4 is 0 Å². The number of rotatable bonds is 14. The molecule has 20 heavy (non-hydrogen) atoms. The Bertz CT molecular complexity index is 258. The first-order chi connectivity index (χ1) is 9.85. The van der Waals surface area contributed by atoms with Gasteiger partial charge in [0.05, 0.1) is 12.1 Å². The minimum Gasteiger partial charge on any atom is -0.197 e. The zero-order valence-electron chi connectivity index (χ0n) is 13.4. The Morgan fingerprint density at radius 1 is 0.600 bits per heavy atom. The van der Waals surface area contributed by atoms with Crippen LogP contribution in [0.15, 0.2) is 0 Å². The summed E-state index contributed by atoms with van der Waals surface area (Å²) in [5.41, 5.74) is 0. The molecule has 2 nitrogen and oxygen atoms in total. The first-order valence-corrected chi connectivity index (χ1v) is 8.64. The molecule has 0 bridgehead atoms. The molecule has 2 heteroatoms. The lowest BCUT2D eigenvalue weighted by molar-refractivity contribution is 0.530. The summed E-state index contributed by atoms with van der Waals surface area (Å²) in [7, 11) is 0. The maximum Gasteiger partial charge on any atom is 0.133 e. The standard InChI is InChI=1S/C18H32N2/c1-2-3-4-5-6-7-8-9-10-11-12-13-14-15-18(16-19)17-20/h18H,2-15H2,1H3. The zero-order valence-corrected chi connectivity index (χ0v) is 13.4. The molecule has 0 aliphatic carbocycles. The highest BCUT2D eigenvalue weighted by molar-refractivity contribution is 4.98. The second kappa shape index (κ2) is 16.0. The van der Waals surface area contributed by atoms with Crippen LogP contribution in [0.25, 0.3) is 0 Å². The average Bonchev–Trinajstić information content (AvgIpc) is 2.48. The van der Waals surface area contributed by atoms with Gasteiger partial charge in [-0.05, 0) is 6.42 Å². The van der Waals surface area contributed by atoms with Crippen LogP contribution in [0.5, 0.6) is 0 Å². The van der Waals surface area contributed by atoms with E-state index in [1.807, 2.05) is 12.1 Å². The Kier molecular flexibility index (Phi) is 15.2. The van der Waals surface area contributed by atoms with Gasteiger partial charge in [0, 0.05) is 0 Å². The summed E-state index contributed by atoms with van der Waals surface area (Å²) in [4.78, 5) is 0. The molecule has 0 rings (SSSR count). The van der Waals surface area contributed by atoms with Gasteiger partial charge >= 0.3 is 0 Å². The molecule has 0 saturated heterocycles. The predicted octanol–water partition coefficient (Wildman–Crippen LogP) is 6.13. The molecule has 0 aliphatic rings. The number of nitriles is 2. The van der Waals surface area contributed by atoms with Gasteiger partial charge in [0.25, 0.3) is 0 Å². The van der Waals surface area contributed by atoms with E-state index in [0.717, 1.165) is 12.8 Å². The molecular formula is C18H32N2. The van der Waals surface area contributed by atoms with Crippen LogP contribution in [0, 0.1) is 28.6 Å². The molecular weight excluding hydrogens is 244 g/mol. The topological polar surface area (TPSA) is 47.6 Å². The van der Waals surface area contributed by atoms with Crippen LogP contribution in [0.4, 0.5) is 0 Å². The Balaban J connectivity index is 3.07. The Morgan fingerprint density at radius 3 is 1.30 bits per heavy atom. The van der Waals surface area contributed by atoms with Crippen LogP contribution in [0.1, 0.15) is 96.8 Å². The fourth-order valence-electron chi connectivity index (χ4n) is 2.52. The second-order valence-corrected chi connectivity index (χ2v) is 5.84. The molecule has 0 fully saturated rings. The first-order valence-electron chi connectivity index (χ1n) is 8.64. The van der Waals surface area contributed by atoms with E-state index in [-0.39, 0.29) is 5.92 Å². The van der Waals surface area contributed by atoms with Crippen molar-refractivity contribution in [2.75, 3.05) is 0 Å². The monoisotopic (exact) mass is 276 g/mol. The molecule has 0 N–H and O–H groups in total. The van der Waals surface area contributed by atoms with Crippen molar-refractivity contribution in [3.63, 3.8) is 0 Å². The fourth-order valence-corrected chi connectivity index (χ4v) is 2.52. The third-order valence-corrected chi connectivity index (χ3v) is 3.91. The SMILES string of the molecule is CCCCCCCCCCCCCCCC(C#N)C#N. The van der Waals surface area contributed by atoms with E-state index >= 15 is 0 Å². The van der Waals surface area contributed by atoms with Gasteiger partial charge in [-0.3, -0.25) is 0 Å². The quantitative estimate of drug-likeness (QED) is 0.358. The van der Waals surface area contributed by atoms with Crippen molar-refractivity contribution in [1.29, 1.82) is 10.5 Å². The van der Waals surface area contributed by atoms with Crippen molar-refractivity contribution in [3.05, 3.63) is 0 Å². The third kappa shape index (κ3) is 13.4. The molecule has 0 aromatic heterocycles. The van der Waals surface area contributed by atoms with E-state index < -0.39 is 0 Å². The molecule has 0 amide bonds. The number of unbranched alkanes of at least 4 members (excludes halogenated alkanes) is 12. The lowest BCUT2D eigenvalue weighted by Crippen LogP contribution is -1.92. The Morgan fingerprint density at radius 2 is 0.950 bits per heavy atom.